The van der Waals surface area contributed by atoms with Gasteiger partial charge in [0.05, 0.1) is 25.0 Å². The summed E-state index contributed by atoms with van der Waals surface area (Å²) >= 11 is 0. The van der Waals surface area contributed by atoms with Gasteiger partial charge < -0.3 is 14.8 Å². The van der Waals surface area contributed by atoms with Gasteiger partial charge in [0.2, 0.25) is 0 Å². The second-order valence-electron chi connectivity index (χ2n) is 4.80. The molecule has 0 amide bonds. The molecule has 0 bridgehead atoms. The van der Waals surface area contributed by atoms with Crippen LogP contribution >= 0.6 is 0 Å². The smallest absolute Gasteiger partial charge is 0.139 e. The summed E-state index contributed by atoms with van der Waals surface area (Å²) in [6.45, 7) is 2.76. The van der Waals surface area contributed by atoms with Crippen LogP contribution in [0, 0.1) is 6.92 Å². The number of anilines is 1. The Kier molecular flexibility index (Phi) is 3.39. The van der Waals surface area contributed by atoms with Gasteiger partial charge in [-0.15, -0.1) is 0 Å². The van der Waals surface area contributed by atoms with Crippen LogP contribution in [0.15, 0.2) is 48.8 Å². The Labute approximate surface area is 117 Å². The van der Waals surface area contributed by atoms with E-state index in [0.717, 1.165) is 28.2 Å². The molecule has 2 aromatic heterocycles. The van der Waals surface area contributed by atoms with E-state index in [-0.39, 0.29) is 6.61 Å². The van der Waals surface area contributed by atoms with Crippen LogP contribution in [-0.4, -0.2) is 14.5 Å². The fraction of sp³-hybridized carbons (Fsp3) is 0.188. The van der Waals surface area contributed by atoms with Crippen molar-refractivity contribution in [2.24, 2.45) is 0 Å². The molecule has 20 heavy (non-hydrogen) atoms. The van der Waals surface area contributed by atoms with E-state index in [0.29, 0.717) is 6.54 Å². The van der Waals surface area contributed by atoms with E-state index < -0.39 is 0 Å². The molecule has 0 aliphatic carbocycles. The fourth-order valence-corrected chi connectivity index (χ4v) is 2.35. The summed E-state index contributed by atoms with van der Waals surface area (Å²) < 4.78 is 2.09. The van der Waals surface area contributed by atoms with E-state index >= 15 is 0 Å². The Balaban J connectivity index is 1.85. The summed E-state index contributed by atoms with van der Waals surface area (Å²) in [5.74, 6) is 0. The number of para-hydroxylation sites is 1. The molecule has 2 heterocycles. The van der Waals surface area contributed by atoms with E-state index in [1.807, 2.05) is 42.7 Å². The molecule has 102 valence electrons. The zero-order valence-corrected chi connectivity index (χ0v) is 11.4. The van der Waals surface area contributed by atoms with Crippen molar-refractivity contribution in [1.82, 2.24) is 9.38 Å². The van der Waals surface area contributed by atoms with Gasteiger partial charge in [0, 0.05) is 17.4 Å². The van der Waals surface area contributed by atoms with Crippen molar-refractivity contribution < 1.29 is 5.11 Å². The Bertz CT molecular complexity index is 733. The number of aliphatic hydroxyl groups excluding tert-OH is 1. The third-order valence-corrected chi connectivity index (χ3v) is 3.46. The molecule has 0 unspecified atom stereocenters. The maximum atomic E-state index is 9.33. The van der Waals surface area contributed by atoms with Gasteiger partial charge in [-0.05, 0) is 24.6 Å². The van der Waals surface area contributed by atoms with Crippen LogP contribution in [-0.2, 0) is 13.2 Å². The first-order valence-electron chi connectivity index (χ1n) is 6.64. The third-order valence-electron chi connectivity index (χ3n) is 3.46. The van der Waals surface area contributed by atoms with Gasteiger partial charge in [0.1, 0.15) is 5.65 Å². The molecule has 0 saturated carbocycles. The largest absolute Gasteiger partial charge is 0.392 e. The molecule has 4 heteroatoms. The Hall–Kier alpha value is -2.33. The minimum Gasteiger partial charge on any atom is -0.392 e. The zero-order chi connectivity index (χ0) is 13.9. The van der Waals surface area contributed by atoms with E-state index in [1.54, 1.807) is 0 Å². The molecule has 1 aromatic carbocycles. The minimum absolute atomic E-state index is 0.0371. The molecule has 0 radical (unpaired) electrons. The number of rotatable bonds is 4. The molecule has 4 nitrogen and oxygen atoms in total. The first-order valence-corrected chi connectivity index (χ1v) is 6.64. The summed E-state index contributed by atoms with van der Waals surface area (Å²) in [6, 6.07) is 11.9. The number of nitrogens with zero attached hydrogens (tertiary/aromatic N) is 2. The van der Waals surface area contributed by atoms with Gasteiger partial charge in [-0.3, -0.25) is 0 Å². The summed E-state index contributed by atoms with van der Waals surface area (Å²) in [6.07, 6.45) is 3.90. The Morgan fingerprint density at radius 2 is 2.05 bits per heavy atom. The van der Waals surface area contributed by atoms with E-state index in [1.165, 1.54) is 0 Å². The number of aromatic nitrogens is 2. The van der Waals surface area contributed by atoms with Crippen LogP contribution in [0.5, 0.6) is 0 Å². The molecule has 3 aromatic rings. The summed E-state index contributed by atoms with van der Waals surface area (Å²) in [4.78, 5) is 4.45. The number of fused-ring (bicyclic) bond motifs is 1. The lowest BCUT2D eigenvalue weighted by atomic mass is 10.2. The first kappa shape index (κ1) is 12.7. The number of aliphatic hydroxyl groups is 1. The standard InChI is InChI=1S/C16H17N3O/c1-12-5-4-8-19-14(10-18-16(12)19)9-17-15-7-3-2-6-13(15)11-20/h2-8,10,17,20H,9,11H2,1H3. The SMILES string of the molecule is Cc1cccn2c(CNc3ccccc3CO)cnc12. The molecule has 0 atom stereocenters. The third kappa shape index (κ3) is 2.26. The van der Waals surface area contributed by atoms with E-state index in [2.05, 4.69) is 27.7 Å². The van der Waals surface area contributed by atoms with Crippen molar-refractivity contribution in [3.8, 4) is 0 Å². The number of benzene rings is 1. The molecule has 3 rings (SSSR count). The summed E-state index contributed by atoms with van der Waals surface area (Å²) in [5.41, 5.74) is 5.10. The number of pyridine rings is 1. The van der Waals surface area contributed by atoms with Gasteiger partial charge in [-0.25, -0.2) is 4.98 Å². The highest BCUT2D eigenvalue weighted by Gasteiger charge is 2.06. The lowest BCUT2D eigenvalue weighted by Gasteiger charge is -2.10. The Morgan fingerprint density at radius 1 is 1.20 bits per heavy atom. The average molecular weight is 267 g/mol. The van der Waals surface area contributed by atoms with Crippen LogP contribution in [0.4, 0.5) is 5.69 Å². The molecule has 0 fully saturated rings. The lowest BCUT2D eigenvalue weighted by Crippen LogP contribution is -2.04. The number of hydrogen-bond acceptors (Lipinski definition) is 3. The highest BCUT2D eigenvalue weighted by atomic mass is 16.3. The normalized spacial score (nSPS) is 10.9. The highest BCUT2D eigenvalue weighted by Crippen LogP contribution is 2.17. The molecule has 0 saturated heterocycles. The molecule has 0 spiro atoms. The second-order valence-corrected chi connectivity index (χ2v) is 4.80. The first-order chi connectivity index (χ1) is 9.79. The van der Waals surface area contributed by atoms with Crippen LogP contribution < -0.4 is 5.32 Å². The second kappa shape index (κ2) is 5.35. The predicted molar refractivity (Wildman–Crippen MR) is 79.6 cm³/mol. The van der Waals surface area contributed by atoms with Crippen LogP contribution in [0.1, 0.15) is 16.8 Å². The summed E-state index contributed by atoms with van der Waals surface area (Å²) in [7, 11) is 0. The van der Waals surface area contributed by atoms with Gasteiger partial charge >= 0.3 is 0 Å². The van der Waals surface area contributed by atoms with Crippen LogP contribution in [0.3, 0.4) is 0 Å². The van der Waals surface area contributed by atoms with Crippen LogP contribution in [0.25, 0.3) is 5.65 Å². The van der Waals surface area contributed by atoms with Crippen molar-refractivity contribution in [3.05, 3.63) is 65.6 Å². The van der Waals surface area contributed by atoms with Gasteiger partial charge in [0.15, 0.2) is 0 Å². The van der Waals surface area contributed by atoms with Crippen molar-refractivity contribution in [2.45, 2.75) is 20.1 Å². The van der Waals surface area contributed by atoms with Crippen molar-refractivity contribution in [1.29, 1.82) is 0 Å². The molecular weight excluding hydrogens is 250 g/mol. The van der Waals surface area contributed by atoms with Crippen molar-refractivity contribution >= 4 is 11.3 Å². The number of nitrogens with one attached hydrogen (secondary N) is 1. The van der Waals surface area contributed by atoms with Crippen molar-refractivity contribution in [2.75, 3.05) is 5.32 Å². The zero-order valence-electron chi connectivity index (χ0n) is 11.4. The number of aryl methyl sites for hydroxylation is 1. The van der Waals surface area contributed by atoms with Gasteiger partial charge in [-0.1, -0.05) is 24.3 Å². The average Bonchev–Trinajstić information content (AvgIpc) is 2.90. The molecule has 0 aliphatic rings. The highest BCUT2D eigenvalue weighted by molar-refractivity contribution is 5.52. The molecule has 2 N–H and O–H groups in total. The van der Waals surface area contributed by atoms with E-state index in [4.69, 9.17) is 0 Å². The fourth-order valence-electron chi connectivity index (χ4n) is 2.35. The van der Waals surface area contributed by atoms with E-state index in [9.17, 15) is 5.11 Å². The monoisotopic (exact) mass is 267 g/mol. The van der Waals surface area contributed by atoms with Crippen molar-refractivity contribution in [3.63, 3.8) is 0 Å². The maximum Gasteiger partial charge on any atom is 0.139 e. The summed E-state index contributed by atoms with van der Waals surface area (Å²) in [5, 5.41) is 12.7. The molecule has 0 aliphatic heterocycles. The maximum absolute atomic E-state index is 9.33. The predicted octanol–water partition coefficient (Wildman–Crippen LogP) is 2.75. The minimum atomic E-state index is 0.0371. The van der Waals surface area contributed by atoms with Crippen LogP contribution in [0.2, 0.25) is 0 Å². The topological polar surface area (TPSA) is 49.6 Å². The van der Waals surface area contributed by atoms with Gasteiger partial charge in [0.25, 0.3) is 0 Å². The number of hydrogen-bond donors (Lipinski definition) is 2. The molecular formula is C16H17N3O. The Morgan fingerprint density at radius 3 is 2.90 bits per heavy atom. The lowest BCUT2D eigenvalue weighted by molar-refractivity contribution is 0.282. The van der Waals surface area contributed by atoms with Gasteiger partial charge in [-0.2, -0.15) is 0 Å². The number of imidazole rings is 1. The quantitative estimate of drug-likeness (QED) is 0.764.